The van der Waals surface area contributed by atoms with E-state index in [2.05, 4.69) is 10.4 Å². The van der Waals surface area contributed by atoms with Crippen LogP contribution in [0.4, 0.5) is 26.5 Å². The summed E-state index contributed by atoms with van der Waals surface area (Å²) in [5, 5.41) is 24.2. The number of nitrogens with one attached hydrogen (secondary N) is 1. The van der Waals surface area contributed by atoms with Gasteiger partial charge in [-0.15, -0.1) is 0 Å². The van der Waals surface area contributed by atoms with E-state index in [1.807, 2.05) is 20.8 Å². The van der Waals surface area contributed by atoms with Gasteiger partial charge in [0.1, 0.15) is 11.6 Å². The Bertz CT molecular complexity index is 1380. The van der Waals surface area contributed by atoms with Gasteiger partial charge in [0, 0.05) is 19.3 Å². The van der Waals surface area contributed by atoms with E-state index >= 15 is 0 Å². The topological polar surface area (TPSA) is 134 Å². The minimum absolute atomic E-state index is 0.0188. The molecule has 2 amide bonds. The zero-order valence-electron chi connectivity index (χ0n) is 20.4. The van der Waals surface area contributed by atoms with Crippen LogP contribution in [0.2, 0.25) is 0 Å². The molecule has 1 aliphatic rings. The molecule has 2 heterocycles. The van der Waals surface area contributed by atoms with Crippen molar-refractivity contribution in [2.45, 2.75) is 38.4 Å². The standard InChI is InChI=1S/C24H29FN6O4S/c1-24(2,3)14-30-21-19(22(32)29(4)23(30)33)20(27-17-9-7-16(25)8-10-17)31(28-21)13-15-5-11-18(12-6-15)36(26,34)35/h5-12,22,27,32H,13-14H2,1-4H3,(H2,26,34,35). The monoisotopic (exact) mass is 516 g/mol. The second-order valence-electron chi connectivity index (χ2n) is 9.98. The van der Waals surface area contributed by atoms with Crippen LogP contribution in [-0.4, -0.2) is 47.8 Å². The molecular formula is C24H29FN6O4S. The fourth-order valence-electron chi connectivity index (χ4n) is 3.97. The fraction of sp³-hybridized carbons (Fsp3) is 0.333. The summed E-state index contributed by atoms with van der Waals surface area (Å²) in [7, 11) is -2.33. The highest BCUT2D eigenvalue weighted by Crippen LogP contribution is 2.41. The maximum Gasteiger partial charge on any atom is 0.327 e. The second kappa shape index (κ2) is 9.19. The summed E-state index contributed by atoms with van der Waals surface area (Å²) in [6.07, 6.45) is -1.27. The van der Waals surface area contributed by atoms with Crippen molar-refractivity contribution in [3.63, 3.8) is 0 Å². The summed E-state index contributed by atoms with van der Waals surface area (Å²) in [6, 6.07) is 11.4. The lowest BCUT2D eigenvalue weighted by Gasteiger charge is -2.38. The molecule has 0 bridgehead atoms. The number of nitrogens with two attached hydrogens (primary N) is 1. The van der Waals surface area contributed by atoms with Gasteiger partial charge in [-0.05, 0) is 47.4 Å². The number of sulfonamides is 1. The predicted molar refractivity (Wildman–Crippen MR) is 134 cm³/mol. The van der Waals surface area contributed by atoms with Crippen LogP contribution in [0.25, 0.3) is 0 Å². The fourth-order valence-corrected chi connectivity index (χ4v) is 4.49. The number of anilines is 3. The van der Waals surface area contributed by atoms with Gasteiger partial charge in [-0.2, -0.15) is 5.10 Å². The Labute approximate surface area is 209 Å². The van der Waals surface area contributed by atoms with E-state index < -0.39 is 22.1 Å². The van der Waals surface area contributed by atoms with Gasteiger partial charge >= 0.3 is 6.03 Å². The van der Waals surface area contributed by atoms with Crippen LogP contribution in [-0.2, 0) is 16.6 Å². The molecule has 0 saturated carbocycles. The van der Waals surface area contributed by atoms with Crippen LogP contribution in [0.15, 0.2) is 53.4 Å². The summed E-state index contributed by atoms with van der Waals surface area (Å²) in [6.45, 7) is 6.52. The first-order chi connectivity index (χ1) is 16.7. The quantitative estimate of drug-likeness (QED) is 0.460. The SMILES string of the molecule is CN1C(=O)N(CC(C)(C)C)c2nn(Cc3ccc(S(N)(=O)=O)cc3)c(Nc3ccc(F)cc3)c2C1O. The molecular weight excluding hydrogens is 487 g/mol. The highest BCUT2D eigenvalue weighted by Gasteiger charge is 2.41. The van der Waals surface area contributed by atoms with Crippen molar-refractivity contribution >= 4 is 33.4 Å². The molecule has 4 N–H and O–H groups in total. The Balaban J connectivity index is 1.83. The minimum atomic E-state index is -3.84. The van der Waals surface area contributed by atoms with Crippen LogP contribution in [0.1, 0.15) is 38.1 Å². The van der Waals surface area contributed by atoms with Gasteiger partial charge in [0.15, 0.2) is 12.0 Å². The lowest BCUT2D eigenvalue weighted by molar-refractivity contribution is 0.0434. The molecule has 4 rings (SSSR count). The molecule has 10 nitrogen and oxygen atoms in total. The number of rotatable bonds is 6. The average molecular weight is 517 g/mol. The number of carbonyl (C=O) groups excluding carboxylic acids is 1. The van der Waals surface area contributed by atoms with E-state index in [0.29, 0.717) is 35.0 Å². The van der Waals surface area contributed by atoms with Gasteiger partial charge in [0.05, 0.1) is 17.0 Å². The smallest absolute Gasteiger partial charge is 0.327 e. The molecule has 0 radical (unpaired) electrons. The molecule has 2 aromatic carbocycles. The van der Waals surface area contributed by atoms with E-state index in [9.17, 15) is 22.7 Å². The number of nitrogens with zero attached hydrogens (tertiary/aromatic N) is 4. The zero-order chi connectivity index (χ0) is 26.4. The zero-order valence-corrected chi connectivity index (χ0v) is 21.3. The first-order valence-electron chi connectivity index (χ1n) is 11.2. The van der Waals surface area contributed by atoms with Crippen molar-refractivity contribution in [2.24, 2.45) is 10.6 Å². The van der Waals surface area contributed by atoms with Gasteiger partial charge in [-0.3, -0.25) is 9.80 Å². The number of aliphatic hydroxyl groups excluding tert-OH is 1. The maximum absolute atomic E-state index is 13.5. The third-order valence-corrected chi connectivity index (χ3v) is 6.64. The number of hydrogen-bond donors (Lipinski definition) is 3. The van der Waals surface area contributed by atoms with Crippen molar-refractivity contribution in [2.75, 3.05) is 23.8 Å². The number of carbonyl (C=O) groups is 1. The third-order valence-electron chi connectivity index (χ3n) is 5.71. The van der Waals surface area contributed by atoms with Gasteiger partial charge in [0.2, 0.25) is 10.0 Å². The number of benzene rings is 2. The Morgan fingerprint density at radius 1 is 1.11 bits per heavy atom. The number of aromatic nitrogens is 2. The highest BCUT2D eigenvalue weighted by atomic mass is 32.2. The lowest BCUT2D eigenvalue weighted by atomic mass is 9.95. The first-order valence-corrected chi connectivity index (χ1v) is 12.8. The molecule has 192 valence electrons. The predicted octanol–water partition coefficient (Wildman–Crippen LogP) is 3.37. The molecule has 3 aromatic rings. The summed E-state index contributed by atoms with van der Waals surface area (Å²) < 4.78 is 38.3. The summed E-state index contributed by atoms with van der Waals surface area (Å²) >= 11 is 0. The summed E-state index contributed by atoms with van der Waals surface area (Å²) in [5.41, 5.74) is 1.40. The van der Waals surface area contributed by atoms with E-state index in [1.54, 1.807) is 28.9 Å². The normalized spacial score (nSPS) is 16.3. The number of fused-ring (bicyclic) bond motifs is 1. The number of amides is 2. The molecule has 0 saturated heterocycles. The molecule has 1 unspecified atom stereocenters. The van der Waals surface area contributed by atoms with Crippen LogP contribution in [0, 0.1) is 11.2 Å². The molecule has 0 spiro atoms. The van der Waals surface area contributed by atoms with Crippen molar-refractivity contribution in [1.82, 2.24) is 14.7 Å². The van der Waals surface area contributed by atoms with Crippen LogP contribution in [0.3, 0.4) is 0 Å². The Hall–Kier alpha value is -3.48. The van der Waals surface area contributed by atoms with Crippen molar-refractivity contribution in [3.8, 4) is 0 Å². The van der Waals surface area contributed by atoms with Crippen LogP contribution >= 0.6 is 0 Å². The van der Waals surface area contributed by atoms with E-state index in [-0.39, 0.29) is 22.9 Å². The van der Waals surface area contributed by atoms with Crippen molar-refractivity contribution in [3.05, 3.63) is 65.5 Å². The number of urea groups is 1. The molecule has 0 aliphatic carbocycles. The Morgan fingerprint density at radius 3 is 2.28 bits per heavy atom. The molecule has 1 aliphatic heterocycles. The van der Waals surface area contributed by atoms with Crippen LogP contribution < -0.4 is 15.4 Å². The van der Waals surface area contributed by atoms with Crippen molar-refractivity contribution < 1.29 is 22.7 Å². The van der Waals surface area contributed by atoms with Gasteiger partial charge in [-0.1, -0.05) is 32.9 Å². The number of halogens is 1. The average Bonchev–Trinajstić information content (AvgIpc) is 3.13. The van der Waals surface area contributed by atoms with E-state index in [1.165, 1.54) is 41.1 Å². The van der Waals surface area contributed by atoms with Gasteiger partial charge < -0.3 is 10.4 Å². The molecule has 36 heavy (non-hydrogen) atoms. The molecule has 12 heteroatoms. The molecule has 1 atom stereocenters. The van der Waals surface area contributed by atoms with E-state index in [0.717, 1.165) is 0 Å². The summed E-state index contributed by atoms with van der Waals surface area (Å²) in [4.78, 5) is 15.8. The minimum Gasteiger partial charge on any atom is -0.369 e. The lowest BCUT2D eigenvalue weighted by Crippen LogP contribution is -2.50. The highest BCUT2D eigenvalue weighted by molar-refractivity contribution is 7.89. The second-order valence-corrected chi connectivity index (χ2v) is 11.5. The van der Waals surface area contributed by atoms with Gasteiger partial charge in [0.25, 0.3) is 0 Å². The Morgan fingerprint density at radius 2 is 1.72 bits per heavy atom. The van der Waals surface area contributed by atoms with E-state index in [4.69, 9.17) is 5.14 Å². The third kappa shape index (κ3) is 5.20. The molecule has 0 fully saturated rings. The Kier molecular flexibility index (Phi) is 6.54. The van der Waals surface area contributed by atoms with Gasteiger partial charge in [-0.25, -0.2) is 27.4 Å². The summed E-state index contributed by atoms with van der Waals surface area (Å²) in [5.74, 6) is 0.330. The molecule has 1 aromatic heterocycles. The number of primary sulfonamides is 1. The first kappa shape index (κ1) is 25.6. The number of aliphatic hydroxyl groups is 1. The number of hydrogen-bond acceptors (Lipinski definition) is 6. The maximum atomic E-state index is 13.5. The van der Waals surface area contributed by atoms with Crippen molar-refractivity contribution in [1.29, 1.82) is 0 Å². The van der Waals surface area contributed by atoms with Crippen LogP contribution in [0.5, 0.6) is 0 Å². The largest absolute Gasteiger partial charge is 0.369 e.